The first-order valence-corrected chi connectivity index (χ1v) is 7.30. The highest BCUT2D eigenvalue weighted by atomic mass is 15.1. The lowest BCUT2D eigenvalue weighted by atomic mass is 10.0. The average Bonchev–Trinajstić information content (AvgIpc) is 3.22. The van der Waals surface area contributed by atoms with E-state index in [2.05, 4.69) is 42.4 Å². The van der Waals surface area contributed by atoms with Gasteiger partial charge in [0.05, 0.1) is 0 Å². The molecule has 0 aromatic heterocycles. The molecule has 2 heteroatoms. The third-order valence-corrected chi connectivity index (χ3v) is 4.54. The number of nitrogens with one attached hydrogen (secondary N) is 1. The quantitative estimate of drug-likeness (QED) is 0.874. The molecule has 0 amide bonds. The van der Waals surface area contributed by atoms with E-state index in [-0.39, 0.29) is 0 Å². The van der Waals surface area contributed by atoms with Crippen molar-refractivity contribution < 1.29 is 0 Å². The van der Waals surface area contributed by atoms with E-state index >= 15 is 0 Å². The van der Waals surface area contributed by atoms with Crippen LogP contribution < -0.4 is 5.32 Å². The third kappa shape index (κ3) is 2.54. The summed E-state index contributed by atoms with van der Waals surface area (Å²) in [4.78, 5) is 2.51. The molecular formula is C16H24N2. The normalized spacial score (nSPS) is 20.4. The molecule has 0 spiro atoms. The summed E-state index contributed by atoms with van der Waals surface area (Å²) in [6, 6.07) is 7.68. The number of aryl methyl sites for hydroxylation is 1. The van der Waals surface area contributed by atoms with Crippen molar-refractivity contribution in [3.05, 3.63) is 29.3 Å². The lowest BCUT2D eigenvalue weighted by Gasteiger charge is -2.25. The number of hydrogen-bond acceptors (Lipinski definition) is 2. The summed E-state index contributed by atoms with van der Waals surface area (Å²) >= 11 is 0. The van der Waals surface area contributed by atoms with Crippen LogP contribution in [0.25, 0.3) is 0 Å². The van der Waals surface area contributed by atoms with E-state index in [9.17, 15) is 0 Å². The predicted molar refractivity (Wildman–Crippen MR) is 76.9 cm³/mol. The molecule has 2 aliphatic rings. The van der Waals surface area contributed by atoms with Gasteiger partial charge >= 0.3 is 0 Å². The summed E-state index contributed by atoms with van der Waals surface area (Å²) < 4.78 is 0. The first-order valence-electron chi connectivity index (χ1n) is 7.30. The van der Waals surface area contributed by atoms with E-state index in [0.29, 0.717) is 0 Å². The highest BCUT2D eigenvalue weighted by Crippen LogP contribution is 2.35. The molecule has 0 saturated heterocycles. The van der Waals surface area contributed by atoms with Crippen molar-refractivity contribution in [3.8, 4) is 0 Å². The Kier molecular flexibility index (Phi) is 3.29. The molecule has 1 aliphatic carbocycles. The van der Waals surface area contributed by atoms with Crippen molar-refractivity contribution in [1.29, 1.82) is 0 Å². The number of fused-ring (bicyclic) bond motifs is 1. The van der Waals surface area contributed by atoms with Crippen LogP contribution in [0.3, 0.4) is 0 Å². The molecular weight excluding hydrogens is 220 g/mol. The maximum absolute atomic E-state index is 3.48. The Morgan fingerprint density at radius 3 is 3.00 bits per heavy atom. The van der Waals surface area contributed by atoms with E-state index < -0.39 is 0 Å². The summed E-state index contributed by atoms with van der Waals surface area (Å²) in [7, 11) is 2.26. The molecule has 1 aromatic carbocycles. The molecule has 1 heterocycles. The fourth-order valence-corrected chi connectivity index (χ4v) is 3.00. The van der Waals surface area contributed by atoms with Crippen LogP contribution in [0.5, 0.6) is 0 Å². The fourth-order valence-electron chi connectivity index (χ4n) is 3.00. The minimum Gasteiger partial charge on any atom is -0.385 e. The van der Waals surface area contributed by atoms with Gasteiger partial charge in [0.2, 0.25) is 0 Å². The lowest BCUT2D eigenvalue weighted by Crippen LogP contribution is -2.30. The van der Waals surface area contributed by atoms with Gasteiger partial charge in [0.1, 0.15) is 0 Å². The Morgan fingerprint density at radius 2 is 2.22 bits per heavy atom. The van der Waals surface area contributed by atoms with Crippen molar-refractivity contribution in [2.45, 2.75) is 45.2 Å². The summed E-state index contributed by atoms with van der Waals surface area (Å²) in [5.74, 6) is 0.953. The Bertz CT molecular complexity index is 423. The molecule has 1 aromatic rings. The molecule has 1 N–H and O–H groups in total. The van der Waals surface area contributed by atoms with Crippen molar-refractivity contribution in [2.24, 2.45) is 5.92 Å². The van der Waals surface area contributed by atoms with Gasteiger partial charge in [0, 0.05) is 24.8 Å². The SMILES string of the molecule is CC(C1CC1)N(C)Cc1ccc2c(c1)CCCN2. The van der Waals surface area contributed by atoms with Gasteiger partial charge in [0.15, 0.2) is 0 Å². The molecule has 3 rings (SSSR count). The van der Waals surface area contributed by atoms with Crippen molar-refractivity contribution in [1.82, 2.24) is 4.90 Å². The van der Waals surface area contributed by atoms with Gasteiger partial charge in [-0.3, -0.25) is 4.90 Å². The zero-order chi connectivity index (χ0) is 12.5. The molecule has 1 fully saturated rings. The average molecular weight is 244 g/mol. The van der Waals surface area contributed by atoms with Gasteiger partial charge < -0.3 is 5.32 Å². The zero-order valence-electron chi connectivity index (χ0n) is 11.6. The van der Waals surface area contributed by atoms with Crippen molar-refractivity contribution >= 4 is 5.69 Å². The predicted octanol–water partition coefficient (Wildman–Crippen LogP) is 3.28. The maximum atomic E-state index is 3.48. The zero-order valence-corrected chi connectivity index (χ0v) is 11.6. The highest BCUT2D eigenvalue weighted by molar-refractivity contribution is 5.54. The van der Waals surface area contributed by atoms with Gasteiger partial charge in [0.25, 0.3) is 0 Å². The number of rotatable bonds is 4. The summed E-state index contributed by atoms with van der Waals surface area (Å²) in [5.41, 5.74) is 4.32. The first-order chi connectivity index (χ1) is 8.74. The summed E-state index contributed by atoms with van der Waals surface area (Å²) in [5, 5.41) is 3.48. The Labute approximate surface area is 110 Å². The molecule has 1 unspecified atom stereocenters. The van der Waals surface area contributed by atoms with E-state index in [0.717, 1.165) is 25.0 Å². The summed E-state index contributed by atoms with van der Waals surface area (Å²) in [6.07, 6.45) is 5.36. The van der Waals surface area contributed by atoms with Gasteiger partial charge in [-0.2, -0.15) is 0 Å². The van der Waals surface area contributed by atoms with Crippen molar-refractivity contribution in [3.63, 3.8) is 0 Å². The Hall–Kier alpha value is -1.02. The van der Waals surface area contributed by atoms with Gasteiger partial charge in [-0.15, -0.1) is 0 Å². The van der Waals surface area contributed by atoms with E-state index in [4.69, 9.17) is 0 Å². The van der Waals surface area contributed by atoms with Gasteiger partial charge in [-0.05, 0) is 62.8 Å². The molecule has 1 saturated carbocycles. The monoisotopic (exact) mass is 244 g/mol. The number of hydrogen-bond donors (Lipinski definition) is 1. The maximum Gasteiger partial charge on any atom is 0.0372 e. The molecule has 1 atom stereocenters. The van der Waals surface area contributed by atoms with Crippen LogP contribution in [-0.2, 0) is 13.0 Å². The van der Waals surface area contributed by atoms with Crippen LogP contribution in [0.2, 0.25) is 0 Å². The van der Waals surface area contributed by atoms with Crippen LogP contribution in [-0.4, -0.2) is 24.5 Å². The number of anilines is 1. The van der Waals surface area contributed by atoms with Crippen LogP contribution in [0.1, 0.15) is 37.3 Å². The second-order valence-corrected chi connectivity index (χ2v) is 6.01. The topological polar surface area (TPSA) is 15.3 Å². The first kappa shape index (κ1) is 12.0. The van der Waals surface area contributed by atoms with Crippen molar-refractivity contribution in [2.75, 3.05) is 18.9 Å². The van der Waals surface area contributed by atoms with Crippen LogP contribution in [0.4, 0.5) is 5.69 Å². The minimum absolute atomic E-state index is 0.735. The Balaban J connectivity index is 1.68. The largest absolute Gasteiger partial charge is 0.385 e. The lowest BCUT2D eigenvalue weighted by molar-refractivity contribution is 0.226. The minimum atomic E-state index is 0.735. The van der Waals surface area contributed by atoms with Gasteiger partial charge in [-0.1, -0.05) is 12.1 Å². The van der Waals surface area contributed by atoms with Crippen LogP contribution in [0.15, 0.2) is 18.2 Å². The second-order valence-electron chi connectivity index (χ2n) is 6.01. The highest BCUT2D eigenvalue weighted by Gasteiger charge is 2.30. The molecule has 98 valence electrons. The molecule has 0 radical (unpaired) electrons. The molecule has 2 nitrogen and oxygen atoms in total. The van der Waals surface area contributed by atoms with Gasteiger partial charge in [-0.25, -0.2) is 0 Å². The number of nitrogens with zero attached hydrogens (tertiary/aromatic N) is 1. The second kappa shape index (κ2) is 4.93. The summed E-state index contributed by atoms with van der Waals surface area (Å²) in [6.45, 7) is 4.59. The molecule has 0 bridgehead atoms. The van der Waals surface area contributed by atoms with E-state index in [1.807, 2.05) is 0 Å². The van der Waals surface area contributed by atoms with E-state index in [1.54, 1.807) is 0 Å². The van der Waals surface area contributed by atoms with Crippen LogP contribution in [0, 0.1) is 5.92 Å². The third-order valence-electron chi connectivity index (χ3n) is 4.54. The fraction of sp³-hybridized carbons (Fsp3) is 0.625. The Morgan fingerprint density at radius 1 is 1.39 bits per heavy atom. The number of benzene rings is 1. The van der Waals surface area contributed by atoms with E-state index in [1.165, 1.54) is 42.5 Å². The standard InChI is InChI=1S/C16H24N2/c1-12(14-6-7-14)18(2)11-13-5-8-16-15(10-13)4-3-9-17-16/h5,8,10,12,14,17H,3-4,6-7,9,11H2,1-2H3. The molecule has 1 aliphatic heterocycles. The van der Waals surface area contributed by atoms with Crippen LogP contribution >= 0.6 is 0 Å². The smallest absolute Gasteiger partial charge is 0.0372 e. The molecule has 18 heavy (non-hydrogen) atoms.